The van der Waals surface area contributed by atoms with E-state index in [2.05, 4.69) is 26.4 Å². The van der Waals surface area contributed by atoms with Crippen molar-refractivity contribution in [1.82, 2.24) is 10.1 Å². The molecule has 0 saturated heterocycles. The maximum absolute atomic E-state index is 12.7. The van der Waals surface area contributed by atoms with Crippen molar-refractivity contribution >= 4 is 17.3 Å². The standard InChI is InChI=1S/C21H29N5O2/c22-13-20-24-18(25-28-20)14-26-11-5-9-16-8-4-10-17(21(16)26)23-19(27)12-15-6-2-1-3-7-15/h4,8,10,15H,1-3,5-7,9,11-14,22H2,(H,23,27). The van der Waals surface area contributed by atoms with E-state index in [-0.39, 0.29) is 12.5 Å². The fourth-order valence-corrected chi connectivity index (χ4v) is 4.46. The van der Waals surface area contributed by atoms with Crippen LogP contribution in [0.2, 0.25) is 0 Å². The van der Waals surface area contributed by atoms with Crippen LogP contribution in [0.5, 0.6) is 0 Å². The van der Waals surface area contributed by atoms with Crippen molar-refractivity contribution in [2.24, 2.45) is 11.7 Å². The molecule has 0 radical (unpaired) electrons. The molecule has 28 heavy (non-hydrogen) atoms. The molecule has 2 heterocycles. The monoisotopic (exact) mass is 383 g/mol. The van der Waals surface area contributed by atoms with Gasteiger partial charge in [-0.3, -0.25) is 4.79 Å². The number of benzene rings is 1. The van der Waals surface area contributed by atoms with Gasteiger partial charge in [0.2, 0.25) is 11.8 Å². The summed E-state index contributed by atoms with van der Waals surface area (Å²) in [5, 5.41) is 7.21. The highest BCUT2D eigenvalue weighted by molar-refractivity contribution is 5.95. The second kappa shape index (κ2) is 8.73. The number of anilines is 2. The van der Waals surface area contributed by atoms with Crippen molar-refractivity contribution in [3.63, 3.8) is 0 Å². The first-order chi connectivity index (χ1) is 13.7. The molecular weight excluding hydrogens is 354 g/mol. The molecular formula is C21H29N5O2. The van der Waals surface area contributed by atoms with Crippen LogP contribution >= 0.6 is 0 Å². The van der Waals surface area contributed by atoms with Crippen molar-refractivity contribution in [1.29, 1.82) is 0 Å². The molecule has 0 unspecified atom stereocenters. The van der Waals surface area contributed by atoms with Crippen molar-refractivity contribution in [3.8, 4) is 0 Å². The molecule has 1 saturated carbocycles. The lowest BCUT2D eigenvalue weighted by atomic mass is 9.87. The summed E-state index contributed by atoms with van der Waals surface area (Å²) in [4.78, 5) is 19.3. The summed E-state index contributed by atoms with van der Waals surface area (Å²) in [6.45, 7) is 1.69. The van der Waals surface area contributed by atoms with E-state index in [9.17, 15) is 4.79 Å². The van der Waals surface area contributed by atoms with Crippen LogP contribution < -0.4 is 16.0 Å². The normalized spacial score (nSPS) is 17.4. The number of nitrogens with one attached hydrogen (secondary N) is 1. The van der Waals surface area contributed by atoms with E-state index in [1.54, 1.807) is 0 Å². The number of amides is 1. The van der Waals surface area contributed by atoms with Gasteiger partial charge in [-0.05, 0) is 43.2 Å². The minimum Gasteiger partial charge on any atom is -0.362 e. The lowest BCUT2D eigenvalue weighted by Crippen LogP contribution is -2.31. The number of aromatic nitrogens is 2. The Morgan fingerprint density at radius 2 is 2.11 bits per heavy atom. The Hall–Kier alpha value is -2.41. The minimum absolute atomic E-state index is 0.121. The Kier molecular flexibility index (Phi) is 5.90. The van der Waals surface area contributed by atoms with Crippen LogP contribution in [0.3, 0.4) is 0 Å². The van der Waals surface area contributed by atoms with Gasteiger partial charge in [0.25, 0.3) is 0 Å². The first-order valence-corrected chi connectivity index (χ1v) is 10.4. The smallest absolute Gasteiger partial charge is 0.240 e. The van der Waals surface area contributed by atoms with Gasteiger partial charge in [0, 0.05) is 13.0 Å². The molecule has 0 bridgehead atoms. The SMILES string of the molecule is NCc1nc(CN2CCCc3cccc(NC(=O)CC4CCCCC4)c32)no1. The number of fused-ring (bicyclic) bond motifs is 1. The van der Waals surface area contributed by atoms with Gasteiger partial charge in [-0.1, -0.05) is 36.6 Å². The molecule has 7 nitrogen and oxygen atoms in total. The maximum atomic E-state index is 12.7. The molecule has 1 aromatic heterocycles. The molecule has 1 aromatic carbocycles. The van der Waals surface area contributed by atoms with E-state index in [1.165, 1.54) is 37.7 Å². The average Bonchev–Trinajstić information content (AvgIpc) is 3.16. The summed E-state index contributed by atoms with van der Waals surface area (Å²) < 4.78 is 5.14. The number of para-hydroxylation sites is 1. The van der Waals surface area contributed by atoms with Crippen LogP contribution in [-0.4, -0.2) is 22.6 Å². The quantitative estimate of drug-likeness (QED) is 0.793. The largest absolute Gasteiger partial charge is 0.362 e. The summed E-state index contributed by atoms with van der Waals surface area (Å²) >= 11 is 0. The van der Waals surface area contributed by atoms with E-state index in [1.807, 2.05) is 12.1 Å². The van der Waals surface area contributed by atoms with E-state index in [0.29, 0.717) is 30.6 Å². The van der Waals surface area contributed by atoms with Gasteiger partial charge < -0.3 is 20.5 Å². The topological polar surface area (TPSA) is 97.3 Å². The van der Waals surface area contributed by atoms with Crippen molar-refractivity contribution < 1.29 is 9.32 Å². The summed E-state index contributed by atoms with van der Waals surface area (Å²) in [6.07, 6.45) is 8.85. The third-order valence-electron chi connectivity index (χ3n) is 5.80. The van der Waals surface area contributed by atoms with Crippen molar-refractivity contribution in [2.45, 2.75) is 64.5 Å². The van der Waals surface area contributed by atoms with Crippen LogP contribution in [0, 0.1) is 5.92 Å². The van der Waals surface area contributed by atoms with Gasteiger partial charge in [0.15, 0.2) is 5.82 Å². The molecule has 2 aliphatic rings. The van der Waals surface area contributed by atoms with Crippen molar-refractivity contribution in [2.75, 3.05) is 16.8 Å². The Morgan fingerprint density at radius 3 is 2.89 bits per heavy atom. The van der Waals surface area contributed by atoms with E-state index in [4.69, 9.17) is 10.3 Å². The zero-order valence-corrected chi connectivity index (χ0v) is 16.3. The highest BCUT2D eigenvalue weighted by Gasteiger charge is 2.24. The number of carbonyl (C=O) groups excluding carboxylic acids is 1. The highest BCUT2D eigenvalue weighted by atomic mass is 16.5. The first kappa shape index (κ1) is 18.9. The van der Waals surface area contributed by atoms with E-state index in [0.717, 1.165) is 30.8 Å². The molecule has 4 rings (SSSR count). The number of hydrogen-bond donors (Lipinski definition) is 2. The Morgan fingerprint density at radius 1 is 1.25 bits per heavy atom. The molecule has 1 fully saturated rings. The van der Waals surface area contributed by atoms with Crippen LogP contribution in [0.25, 0.3) is 0 Å². The Balaban J connectivity index is 1.50. The number of aryl methyl sites for hydroxylation is 1. The minimum atomic E-state index is 0.121. The Bertz CT molecular complexity index is 813. The number of hydrogen-bond acceptors (Lipinski definition) is 6. The molecule has 1 amide bonds. The second-order valence-corrected chi connectivity index (χ2v) is 7.90. The van der Waals surface area contributed by atoms with Gasteiger partial charge in [-0.15, -0.1) is 0 Å². The zero-order valence-electron chi connectivity index (χ0n) is 16.3. The van der Waals surface area contributed by atoms with Crippen LogP contribution in [0.4, 0.5) is 11.4 Å². The van der Waals surface area contributed by atoms with Crippen molar-refractivity contribution in [3.05, 3.63) is 35.5 Å². The molecule has 7 heteroatoms. The van der Waals surface area contributed by atoms with Crippen LogP contribution in [0.15, 0.2) is 22.7 Å². The molecule has 3 N–H and O–H groups in total. The lowest BCUT2D eigenvalue weighted by Gasteiger charge is -2.32. The molecule has 0 spiro atoms. The second-order valence-electron chi connectivity index (χ2n) is 7.90. The lowest BCUT2D eigenvalue weighted by molar-refractivity contribution is -0.117. The van der Waals surface area contributed by atoms with Crippen LogP contribution in [0.1, 0.15) is 62.2 Å². The summed E-state index contributed by atoms with van der Waals surface area (Å²) in [5.74, 6) is 1.71. The molecule has 2 aromatic rings. The zero-order chi connectivity index (χ0) is 19.3. The predicted octanol–water partition coefficient (Wildman–Crippen LogP) is 3.39. The number of nitrogens with zero attached hydrogens (tertiary/aromatic N) is 3. The van der Waals surface area contributed by atoms with Gasteiger partial charge in [-0.25, -0.2) is 0 Å². The average molecular weight is 383 g/mol. The Labute approximate surface area is 165 Å². The molecule has 150 valence electrons. The predicted molar refractivity (Wildman–Crippen MR) is 108 cm³/mol. The van der Waals surface area contributed by atoms with Gasteiger partial charge in [0.1, 0.15) is 0 Å². The van der Waals surface area contributed by atoms with Gasteiger partial charge in [0.05, 0.1) is 24.5 Å². The number of rotatable bonds is 6. The summed E-state index contributed by atoms with van der Waals surface area (Å²) in [6, 6.07) is 6.16. The van der Waals surface area contributed by atoms with E-state index >= 15 is 0 Å². The third-order valence-corrected chi connectivity index (χ3v) is 5.80. The van der Waals surface area contributed by atoms with Gasteiger partial charge in [-0.2, -0.15) is 4.98 Å². The molecule has 1 aliphatic heterocycles. The third kappa shape index (κ3) is 4.35. The maximum Gasteiger partial charge on any atom is 0.240 e. The summed E-state index contributed by atoms with van der Waals surface area (Å²) in [7, 11) is 0. The van der Waals surface area contributed by atoms with Gasteiger partial charge >= 0.3 is 0 Å². The highest BCUT2D eigenvalue weighted by Crippen LogP contribution is 2.36. The number of carbonyl (C=O) groups is 1. The van der Waals surface area contributed by atoms with E-state index < -0.39 is 0 Å². The summed E-state index contributed by atoms with van der Waals surface area (Å²) in [5.41, 5.74) is 8.80. The molecule has 1 aliphatic carbocycles. The fraction of sp³-hybridized carbons (Fsp3) is 0.571. The molecule has 0 atom stereocenters. The number of nitrogens with two attached hydrogens (primary N) is 1. The van der Waals surface area contributed by atoms with Crippen LogP contribution in [-0.2, 0) is 24.3 Å². The first-order valence-electron chi connectivity index (χ1n) is 10.4. The fourth-order valence-electron chi connectivity index (χ4n) is 4.46.